The molecule has 0 aliphatic carbocycles. The number of nitrogens with zero attached hydrogens (tertiary/aromatic N) is 2. The van der Waals surface area contributed by atoms with Crippen LogP contribution < -0.4 is 9.54 Å². The van der Waals surface area contributed by atoms with Gasteiger partial charge >= 0.3 is 0 Å². The van der Waals surface area contributed by atoms with Crippen LogP contribution in [0.3, 0.4) is 0 Å². The molecule has 0 radical (unpaired) electrons. The molecular formula is C17H22N2O2S. The van der Waals surface area contributed by atoms with Crippen molar-refractivity contribution < 1.29 is 9.53 Å². The third-order valence-electron chi connectivity index (χ3n) is 3.08. The molecule has 0 bridgehead atoms. The fourth-order valence-electron chi connectivity index (χ4n) is 2.20. The van der Waals surface area contributed by atoms with Crippen molar-refractivity contribution in [1.82, 2.24) is 4.57 Å². The SMILES string of the molecule is C=CCn1c(=NC(=O)CC(C)C)sc2cc(OCC)ccc21. The fraction of sp³-hybridized carbons (Fsp3) is 0.412. The van der Waals surface area contributed by atoms with Crippen LogP contribution in [0.4, 0.5) is 0 Å². The lowest BCUT2D eigenvalue weighted by molar-refractivity contribution is -0.118. The van der Waals surface area contributed by atoms with E-state index in [-0.39, 0.29) is 5.91 Å². The highest BCUT2D eigenvalue weighted by Crippen LogP contribution is 2.23. The molecule has 0 aliphatic heterocycles. The quantitative estimate of drug-likeness (QED) is 0.761. The van der Waals surface area contributed by atoms with E-state index in [1.165, 1.54) is 11.3 Å². The first kappa shape index (κ1) is 16.5. The van der Waals surface area contributed by atoms with Crippen molar-refractivity contribution in [2.45, 2.75) is 33.7 Å². The molecule has 0 saturated carbocycles. The number of allylic oxidation sites excluding steroid dienone is 1. The van der Waals surface area contributed by atoms with Gasteiger partial charge in [0.05, 0.1) is 16.8 Å². The monoisotopic (exact) mass is 318 g/mol. The number of amides is 1. The second-order valence-corrected chi connectivity index (χ2v) is 6.46. The lowest BCUT2D eigenvalue weighted by atomic mass is 10.1. The highest BCUT2D eigenvalue weighted by molar-refractivity contribution is 7.16. The van der Waals surface area contributed by atoms with E-state index in [1.807, 2.05) is 49.6 Å². The molecule has 0 aliphatic rings. The van der Waals surface area contributed by atoms with Gasteiger partial charge in [0.25, 0.3) is 0 Å². The smallest absolute Gasteiger partial charge is 0.248 e. The van der Waals surface area contributed by atoms with Crippen LogP contribution in [0.2, 0.25) is 0 Å². The molecule has 0 spiro atoms. The summed E-state index contributed by atoms with van der Waals surface area (Å²) in [7, 11) is 0. The number of hydrogen-bond donors (Lipinski definition) is 0. The molecule has 2 rings (SSSR count). The summed E-state index contributed by atoms with van der Waals surface area (Å²) in [4.78, 5) is 17.0. The molecule has 118 valence electrons. The molecular weight excluding hydrogens is 296 g/mol. The predicted molar refractivity (Wildman–Crippen MR) is 91.2 cm³/mol. The third kappa shape index (κ3) is 3.85. The Hall–Kier alpha value is -1.88. The zero-order valence-electron chi connectivity index (χ0n) is 13.3. The minimum absolute atomic E-state index is 0.0793. The van der Waals surface area contributed by atoms with Gasteiger partial charge in [-0.05, 0) is 31.0 Å². The van der Waals surface area contributed by atoms with Gasteiger partial charge in [0.2, 0.25) is 5.91 Å². The molecule has 2 aromatic rings. The highest BCUT2D eigenvalue weighted by Gasteiger charge is 2.09. The maximum Gasteiger partial charge on any atom is 0.248 e. The normalized spacial score (nSPS) is 12.1. The van der Waals surface area contributed by atoms with E-state index in [0.29, 0.717) is 30.3 Å². The lowest BCUT2D eigenvalue weighted by Gasteiger charge is -2.04. The van der Waals surface area contributed by atoms with Crippen molar-refractivity contribution in [3.05, 3.63) is 35.7 Å². The van der Waals surface area contributed by atoms with Gasteiger partial charge in [-0.2, -0.15) is 4.99 Å². The Morgan fingerprint density at radius 3 is 2.91 bits per heavy atom. The zero-order chi connectivity index (χ0) is 16.1. The minimum atomic E-state index is -0.0793. The van der Waals surface area contributed by atoms with Gasteiger partial charge in [0.1, 0.15) is 5.75 Å². The molecule has 1 heterocycles. The lowest BCUT2D eigenvalue weighted by Crippen LogP contribution is -2.16. The highest BCUT2D eigenvalue weighted by atomic mass is 32.1. The van der Waals surface area contributed by atoms with Crippen LogP contribution >= 0.6 is 11.3 Å². The summed E-state index contributed by atoms with van der Waals surface area (Å²) in [5.74, 6) is 1.06. The van der Waals surface area contributed by atoms with Crippen molar-refractivity contribution in [3.63, 3.8) is 0 Å². The van der Waals surface area contributed by atoms with E-state index in [0.717, 1.165) is 16.0 Å². The van der Waals surface area contributed by atoms with Crippen LogP contribution in [0.15, 0.2) is 35.8 Å². The van der Waals surface area contributed by atoms with E-state index in [4.69, 9.17) is 4.74 Å². The molecule has 1 amide bonds. The van der Waals surface area contributed by atoms with Gasteiger partial charge in [-0.3, -0.25) is 4.79 Å². The molecule has 0 atom stereocenters. The van der Waals surface area contributed by atoms with E-state index < -0.39 is 0 Å². The molecule has 1 aromatic heterocycles. The van der Waals surface area contributed by atoms with Crippen molar-refractivity contribution in [1.29, 1.82) is 0 Å². The summed E-state index contributed by atoms with van der Waals surface area (Å²) in [6, 6.07) is 5.94. The van der Waals surface area contributed by atoms with Gasteiger partial charge in [0.15, 0.2) is 4.80 Å². The van der Waals surface area contributed by atoms with Gasteiger partial charge in [-0.1, -0.05) is 31.3 Å². The minimum Gasteiger partial charge on any atom is -0.494 e. The number of fused-ring (bicyclic) bond motifs is 1. The molecule has 0 N–H and O–H groups in total. The molecule has 0 saturated heterocycles. The molecule has 5 heteroatoms. The number of carbonyl (C=O) groups excluding carboxylic acids is 1. The third-order valence-corrected chi connectivity index (χ3v) is 4.12. The summed E-state index contributed by atoms with van der Waals surface area (Å²) in [6.07, 6.45) is 2.28. The zero-order valence-corrected chi connectivity index (χ0v) is 14.2. The Kier molecular flexibility index (Phi) is 5.55. The summed E-state index contributed by atoms with van der Waals surface area (Å²) in [5, 5.41) is 0. The topological polar surface area (TPSA) is 43.6 Å². The van der Waals surface area contributed by atoms with Crippen LogP contribution in [0, 0.1) is 5.92 Å². The van der Waals surface area contributed by atoms with E-state index >= 15 is 0 Å². The number of ether oxygens (including phenoxy) is 1. The molecule has 1 aromatic carbocycles. The second kappa shape index (κ2) is 7.40. The van der Waals surface area contributed by atoms with Gasteiger partial charge in [0, 0.05) is 13.0 Å². The van der Waals surface area contributed by atoms with Crippen molar-refractivity contribution in [3.8, 4) is 5.75 Å². The van der Waals surface area contributed by atoms with Crippen LogP contribution in [-0.4, -0.2) is 17.1 Å². The van der Waals surface area contributed by atoms with Gasteiger partial charge in [-0.25, -0.2) is 0 Å². The van der Waals surface area contributed by atoms with E-state index in [9.17, 15) is 4.79 Å². The second-order valence-electron chi connectivity index (χ2n) is 5.45. The first-order valence-electron chi connectivity index (χ1n) is 7.49. The Morgan fingerprint density at radius 1 is 1.50 bits per heavy atom. The van der Waals surface area contributed by atoms with Gasteiger partial charge in [-0.15, -0.1) is 6.58 Å². The Bertz CT molecular complexity index is 741. The summed E-state index contributed by atoms with van der Waals surface area (Å²) >= 11 is 1.51. The fourth-order valence-corrected chi connectivity index (χ4v) is 3.29. The average molecular weight is 318 g/mol. The van der Waals surface area contributed by atoms with Crippen molar-refractivity contribution in [2.75, 3.05) is 6.61 Å². The Labute approximate surface area is 134 Å². The number of carbonyl (C=O) groups is 1. The van der Waals surface area contributed by atoms with Gasteiger partial charge < -0.3 is 9.30 Å². The van der Waals surface area contributed by atoms with Crippen molar-refractivity contribution in [2.24, 2.45) is 10.9 Å². The molecule has 0 fully saturated rings. The molecule has 0 unspecified atom stereocenters. The maximum atomic E-state index is 12.0. The number of aromatic nitrogens is 1. The summed E-state index contributed by atoms with van der Waals surface area (Å²) in [5.41, 5.74) is 1.05. The number of benzene rings is 1. The first-order valence-corrected chi connectivity index (χ1v) is 8.31. The van der Waals surface area contributed by atoms with Crippen LogP contribution in [-0.2, 0) is 11.3 Å². The maximum absolute atomic E-state index is 12.0. The summed E-state index contributed by atoms with van der Waals surface area (Å²) < 4.78 is 8.61. The standard InChI is InChI=1S/C17H22N2O2S/c1-5-9-19-14-8-7-13(21-6-2)11-15(14)22-17(19)18-16(20)10-12(3)4/h5,7-8,11-12H,1,6,9-10H2,2-4H3. The van der Waals surface area contributed by atoms with Crippen LogP contribution in [0.1, 0.15) is 27.2 Å². The Balaban J connectivity index is 2.52. The van der Waals surface area contributed by atoms with Crippen LogP contribution in [0.5, 0.6) is 5.75 Å². The predicted octanol–water partition coefficient (Wildman–Crippen LogP) is 3.76. The number of rotatable bonds is 6. The Morgan fingerprint density at radius 2 is 2.27 bits per heavy atom. The van der Waals surface area contributed by atoms with E-state index in [1.54, 1.807) is 0 Å². The largest absolute Gasteiger partial charge is 0.494 e. The van der Waals surface area contributed by atoms with Crippen LogP contribution in [0.25, 0.3) is 10.2 Å². The molecule has 22 heavy (non-hydrogen) atoms. The first-order chi connectivity index (χ1) is 10.5. The van der Waals surface area contributed by atoms with E-state index in [2.05, 4.69) is 11.6 Å². The average Bonchev–Trinajstić information content (AvgIpc) is 2.76. The number of hydrogen-bond acceptors (Lipinski definition) is 3. The van der Waals surface area contributed by atoms with Crippen molar-refractivity contribution >= 4 is 27.5 Å². The molecule has 4 nitrogen and oxygen atoms in total. The summed E-state index contributed by atoms with van der Waals surface area (Å²) in [6.45, 7) is 11.0. The number of thiazole rings is 1.